The molecule has 0 spiro atoms. The minimum Gasteiger partial charge on any atom is -0.421 e. The summed E-state index contributed by atoms with van der Waals surface area (Å²) in [6.07, 6.45) is 4.30. The highest BCUT2D eigenvalue weighted by Gasteiger charge is 2.07. The van der Waals surface area contributed by atoms with Gasteiger partial charge in [0.1, 0.15) is 0 Å². The lowest BCUT2D eigenvalue weighted by Crippen LogP contribution is -2.16. The molecule has 0 fully saturated rings. The number of nitrogens with zero attached hydrogens (tertiary/aromatic N) is 3. The normalized spacial score (nSPS) is 10.7. The van der Waals surface area contributed by atoms with E-state index in [0.717, 1.165) is 18.7 Å². The van der Waals surface area contributed by atoms with Gasteiger partial charge in [0.2, 0.25) is 11.8 Å². The van der Waals surface area contributed by atoms with Gasteiger partial charge in [-0.05, 0) is 29.8 Å². The number of hydrogen-bond acceptors (Lipinski definition) is 5. The molecule has 5 heteroatoms. The van der Waals surface area contributed by atoms with Gasteiger partial charge in [0.15, 0.2) is 0 Å². The zero-order chi connectivity index (χ0) is 14.3. The molecular formula is C16H16N4O. The molecule has 0 aliphatic heterocycles. The summed E-state index contributed by atoms with van der Waals surface area (Å²) in [7, 11) is 0. The molecule has 0 unspecified atom stereocenters. The van der Waals surface area contributed by atoms with Crippen LogP contribution in [0.2, 0.25) is 0 Å². The summed E-state index contributed by atoms with van der Waals surface area (Å²) in [5.74, 6) is 1.22. The first kappa shape index (κ1) is 13.5. The van der Waals surface area contributed by atoms with Gasteiger partial charge >= 0.3 is 0 Å². The van der Waals surface area contributed by atoms with Crippen molar-refractivity contribution in [3.05, 3.63) is 66.3 Å². The Labute approximate surface area is 123 Å². The molecule has 0 aliphatic carbocycles. The lowest BCUT2D eigenvalue weighted by Gasteiger charge is -2.02. The molecule has 0 bridgehead atoms. The van der Waals surface area contributed by atoms with E-state index in [1.165, 1.54) is 5.56 Å². The highest BCUT2D eigenvalue weighted by atomic mass is 16.4. The van der Waals surface area contributed by atoms with Crippen molar-refractivity contribution in [1.29, 1.82) is 0 Å². The van der Waals surface area contributed by atoms with Crippen LogP contribution in [0.3, 0.4) is 0 Å². The Balaban J connectivity index is 1.49. The van der Waals surface area contributed by atoms with Crippen LogP contribution < -0.4 is 5.32 Å². The molecule has 3 rings (SSSR count). The standard InChI is InChI=1S/C16H16N4O/c1-2-4-14(5-3-1)16-20-19-15(21-16)8-11-18-12-13-6-9-17-10-7-13/h1-7,9-10,18H,8,11-12H2. The molecular weight excluding hydrogens is 264 g/mol. The molecule has 0 saturated carbocycles. The second-order valence-electron chi connectivity index (χ2n) is 4.65. The van der Waals surface area contributed by atoms with E-state index in [2.05, 4.69) is 20.5 Å². The number of aromatic nitrogens is 3. The van der Waals surface area contributed by atoms with Crippen LogP contribution in [-0.4, -0.2) is 21.7 Å². The van der Waals surface area contributed by atoms with Crippen molar-refractivity contribution in [2.45, 2.75) is 13.0 Å². The van der Waals surface area contributed by atoms with E-state index in [9.17, 15) is 0 Å². The highest BCUT2D eigenvalue weighted by Crippen LogP contribution is 2.16. The quantitative estimate of drug-likeness (QED) is 0.703. The van der Waals surface area contributed by atoms with E-state index in [1.807, 2.05) is 42.5 Å². The lowest BCUT2D eigenvalue weighted by molar-refractivity contribution is 0.494. The third-order valence-corrected chi connectivity index (χ3v) is 3.08. The molecule has 1 N–H and O–H groups in total. The van der Waals surface area contributed by atoms with Crippen molar-refractivity contribution in [3.8, 4) is 11.5 Å². The van der Waals surface area contributed by atoms with E-state index in [0.29, 0.717) is 18.2 Å². The summed E-state index contributed by atoms with van der Waals surface area (Å²) in [6.45, 7) is 1.60. The number of rotatable bonds is 6. The zero-order valence-electron chi connectivity index (χ0n) is 11.6. The van der Waals surface area contributed by atoms with Crippen molar-refractivity contribution < 1.29 is 4.42 Å². The van der Waals surface area contributed by atoms with Crippen LogP contribution in [0.25, 0.3) is 11.5 Å². The maximum atomic E-state index is 5.65. The number of benzene rings is 1. The van der Waals surface area contributed by atoms with Crippen LogP contribution in [0.4, 0.5) is 0 Å². The molecule has 5 nitrogen and oxygen atoms in total. The molecule has 0 atom stereocenters. The molecule has 1 aromatic carbocycles. The van der Waals surface area contributed by atoms with Gasteiger partial charge in [0, 0.05) is 37.5 Å². The Morgan fingerprint density at radius 3 is 2.57 bits per heavy atom. The second-order valence-corrected chi connectivity index (χ2v) is 4.65. The molecule has 21 heavy (non-hydrogen) atoms. The predicted octanol–water partition coefficient (Wildman–Crippen LogP) is 2.46. The fraction of sp³-hybridized carbons (Fsp3) is 0.188. The fourth-order valence-electron chi connectivity index (χ4n) is 1.98. The SMILES string of the molecule is c1ccc(-c2nnc(CCNCc3ccncc3)o2)cc1. The predicted molar refractivity (Wildman–Crippen MR) is 79.4 cm³/mol. The molecule has 0 amide bonds. The van der Waals surface area contributed by atoms with Crippen LogP contribution in [0.1, 0.15) is 11.5 Å². The van der Waals surface area contributed by atoms with Gasteiger partial charge in [-0.25, -0.2) is 0 Å². The van der Waals surface area contributed by atoms with E-state index >= 15 is 0 Å². The number of nitrogens with one attached hydrogen (secondary N) is 1. The third-order valence-electron chi connectivity index (χ3n) is 3.08. The highest BCUT2D eigenvalue weighted by molar-refractivity contribution is 5.51. The maximum absolute atomic E-state index is 5.65. The average Bonchev–Trinajstić information content (AvgIpc) is 3.02. The summed E-state index contributed by atoms with van der Waals surface area (Å²) < 4.78 is 5.65. The third kappa shape index (κ3) is 3.73. The Hall–Kier alpha value is -2.53. The van der Waals surface area contributed by atoms with Crippen molar-refractivity contribution in [2.24, 2.45) is 0 Å². The number of pyridine rings is 1. The van der Waals surface area contributed by atoms with Crippen LogP contribution >= 0.6 is 0 Å². The van der Waals surface area contributed by atoms with Gasteiger partial charge in [-0.1, -0.05) is 18.2 Å². The first-order chi connectivity index (χ1) is 10.4. The van der Waals surface area contributed by atoms with Gasteiger partial charge in [-0.2, -0.15) is 0 Å². The smallest absolute Gasteiger partial charge is 0.247 e. The Morgan fingerprint density at radius 2 is 1.76 bits per heavy atom. The first-order valence-electron chi connectivity index (χ1n) is 6.89. The summed E-state index contributed by atoms with van der Waals surface area (Å²) >= 11 is 0. The minimum atomic E-state index is 0.569. The van der Waals surface area contributed by atoms with Crippen molar-refractivity contribution in [2.75, 3.05) is 6.54 Å². The first-order valence-corrected chi connectivity index (χ1v) is 6.89. The van der Waals surface area contributed by atoms with Crippen molar-refractivity contribution in [3.63, 3.8) is 0 Å². The van der Waals surface area contributed by atoms with E-state index in [-0.39, 0.29) is 0 Å². The monoisotopic (exact) mass is 280 g/mol. The molecule has 0 aliphatic rings. The molecule has 3 aromatic rings. The molecule has 106 valence electrons. The summed E-state index contributed by atoms with van der Waals surface area (Å²) in [6, 6.07) is 13.8. The Kier molecular flexibility index (Phi) is 4.33. The maximum Gasteiger partial charge on any atom is 0.247 e. The Morgan fingerprint density at radius 1 is 0.952 bits per heavy atom. The van der Waals surface area contributed by atoms with E-state index in [1.54, 1.807) is 12.4 Å². The van der Waals surface area contributed by atoms with Crippen LogP contribution in [0.5, 0.6) is 0 Å². The van der Waals surface area contributed by atoms with Gasteiger partial charge in [0.25, 0.3) is 0 Å². The number of hydrogen-bond donors (Lipinski definition) is 1. The second kappa shape index (κ2) is 6.76. The topological polar surface area (TPSA) is 63.8 Å². The van der Waals surface area contributed by atoms with Crippen molar-refractivity contribution >= 4 is 0 Å². The molecule has 0 saturated heterocycles. The van der Waals surface area contributed by atoms with Gasteiger partial charge in [0.05, 0.1) is 0 Å². The largest absolute Gasteiger partial charge is 0.421 e. The molecule has 0 radical (unpaired) electrons. The van der Waals surface area contributed by atoms with Gasteiger partial charge in [-0.3, -0.25) is 4.98 Å². The van der Waals surface area contributed by atoms with E-state index < -0.39 is 0 Å². The summed E-state index contributed by atoms with van der Waals surface area (Å²) in [5.41, 5.74) is 2.15. The van der Waals surface area contributed by atoms with Gasteiger partial charge < -0.3 is 9.73 Å². The van der Waals surface area contributed by atoms with Crippen LogP contribution in [0, 0.1) is 0 Å². The van der Waals surface area contributed by atoms with Gasteiger partial charge in [-0.15, -0.1) is 10.2 Å². The molecule has 2 heterocycles. The van der Waals surface area contributed by atoms with Crippen LogP contribution in [0.15, 0.2) is 59.3 Å². The van der Waals surface area contributed by atoms with E-state index in [4.69, 9.17) is 4.42 Å². The van der Waals surface area contributed by atoms with Crippen molar-refractivity contribution in [1.82, 2.24) is 20.5 Å². The lowest BCUT2D eigenvalue weighted by atomic mass is 10.2. The summed E-state index contributed by atoms with van der Waals surface area (Å²) in [5, 5.41) is 11.5. The fourth-order valence-corrected chi connectivity index (χ4v) is 1.98. The Bertz CT molecular complexity index is 667. The van der Waals surface area contributed by atoms with Crippen LogP contribution in [-0.2, 0) is 13.0 Å². The average molecular weight is 280 g/mol. The zero-order valence-corrected chi connectivity index (χ0v) is 11.6. The molecule has 2 aromatic heterocycles. The summed E-state index contributed by atoms with van der Waals surface area (Å²) in [4.78, 5) is 3.99. The minimum absolute atomic E-state index is 0.569.